The highest BCUT2D eigenvalue weighted by Crippen LogP contribution is 2.46. The quantitative estimate of drug-likeness (QED) is 0.898. The largest absolute Gasteiger partial charge is 0.476 e. The average Bonchev–Trinajstić information content (AvgIpc) is 2.70. The first kappa shape index (κ1) is 13.9. The van der Waals surface area contributed by atoms with Crippen LogP contribution >= 0.6 is 0 Å². The molecule has 0 radical (unpaired) electrons. The van der Waals surface area contributed by atoms with Gasteiger partial charge in [0.1, 0.15) is 5.76 Å². The van der Waals surface area contributed by atoms with Crippen molar-refractivity contribution in [1.29, 1.82) is 0 Å². The van der Waals surface area contributed by atoms with Gasteiger partial charge in [0.2, 0.25) is 0 Å². The Labute approximate surface area is 107 Å². The lowest BCUT2D eigenvalue weighted by molar-refractivity contribution is -0.188. The first-order chi connectivity index (χ1) is 8.80. The lowest BCUT2D eigenvalue weighted by atomic mass is 9.78. The molecule has 2 rings (SSSR count). The number of aromatic carboxylic acids is 1. The van der Waals surface area contributed by atoms with Crippen molar-refractivity contribution in [3.8, 4) is 0 Å². The van der Waals surface area contributed by atoms with E-state index < -0.39 is 24.0 Å². The lowest BCUT2D eigenvalue weighted by Crippen LogP contribution is -2.31. The van der Waals surface area contributed by atoms with Gasteiger partial charge in [-0.3, -0.25) is 0 Å². The minimum Gasteiger partial charge on any atom is -0.476 e. The Kier molecular flexibility index (Phi) is 3.56. The molecular weight excluding hydrogens is 263 g/mol. The second kappa shape index (κ2) is 4.86. The van der Waals surface area contributed by atoms with Crippen molar-refractivity contribution in [3.63, 3.8) is 0 Å². The molecule has 2 atom stereocenters. The van der Waals surface area contributed by atoms with Crippen LogP contribution in [0.4, 0.5) is 13.2 Å². The number of hydrogen-bond acceptors (Lipinski definition) is 3. The molecule has 1 aromatic rings. The van der Waals surface area contributed by atoms with Crippen molar-refractivity contribution < 1.29 is 27.5 Å². The van der Waals surface area contributed by atoms with E-state index in [1.807, 2.05) is 0 Å². The van der Waals surface area contributed by atoms with Crippen LogP contribution in [-0.2, 0) is 0 Å². The van der Waals surface area contributed by atoms with E-state index in [9.17, 15) is 18.0 Å². The van der Waals surface area contributed by atoms with Gasteiger partial charge in [-0.05, 0) is 19.8 Å². The molecule has 0 amide bonds. The topological polar surface area (TPSA) is 63.3 Å². The number of carboxylic acid groups (broad SMARTS) is 1. The Morgan fingerprint density at radius 2 is 2.00 bits per heavy atom. The van der Waals surface area contributed by atoms with Crippen LogP contribution in [0.3, 0.4) is 0 Å². The fourth-order valence-electron chi connectivity index (χ4n) is 2.59. The molecule has 1 fully saturated rings. The molecule has 0 bridgehead atoms. The van der Waals surface area contributed by atoms with Gasteiger partial charge in [-0.2, -0.15) is 13.2 Å². The zero-order valence-electron chi connectivity index (χ0n) is 10.3. The maximum absolute atomic E-state index is 13.0. The Balaban J connectivity index is 2.33. The molecule has 0 saturated heterocycles. The first-order valence-electron chi connectivity index (χ1n) is 6.08. The molecule has 7 heteroatoms. The predicted molar refractivity (Wildman–Crippen MR) is 59.0 cm³/mol. The van der Waals surface area contributed by atoms with E-state index in [0.29, 0.717) is 19.3 Å². The van der Waals surface area contributed by atoms with Crippen LogP contribution < -0.4 is 0 Å². The fraction of sp³-hybridized carbons (Fsp3) is 0.667. The number of alkyl halides is 3. The summed E-state index contributed by atoms with van der Waals surface area (Å²) in [5, 5.41) is 8.86. The molecular formula is C12H14F3NO3. The number of carboxylic acids is 1. The number of hydrogen-bond donors (Lipinski definition) is 1. The van der Waals surface area contributed by atoms with E-state index >= 15 is 0 Å². The van der Waals surface area contributed by atoms with Crippen LogP contribution in [-0.4, -0.2) is 22.2 Å². The van der Waals surface area contributed by atoms with E-state index in [4.69, 9.17) is 9.52 Å². The van der Waals surface area contributed by atoms with Crippen molar-refractivity contribution in [2.45, 2.75) is 44.7 Å². The second-order valence-electron chi connectivity index (χ2n) is 4.80. The summed E-state index contributed by atoms with van der Waals surface area (Å²) >= 11 is 0. The Hall–Kier alpha value is -1.53. The summed E-state index contributed by atoms with van der Waals surface area (Å²) in [6.45, 7) is 1.39. The van der Waals surface area contributed by atoms with E-state index in [2.05, 4.69) is 4.98 Å². The van der Waals surface area contributed by atoms with Gasteiger partial charge in [0.25, 0.3) is 0 Å². The van der Waals surface area contributed by atoms with E-state index in [0.717, 1.165) is 0 Å². The highest BCUT2D eigenvalue weighted by Gasteiger charge is 2.47. The molecule has 1 saturated carbocycles. The summed E-state index contributed by atoms with van der Waals surface area (Å²) in [5.41, 5.74) is -0.304. The van der Waals surface area contributed by atoms with Crippen molar-refractivity contribution in [3.05, 3.63) is 17.3 Å². The van der Waals surface area contributed by atoms with Crippen molar-refractivity contribution in [2.24, 2.45) is 5.92 Å². The average molecular weight is 277 g/mol. The Morgan fingerprint density at radius 1 is 1.37 bits per heavy atom. The maximum Gasteiger partial charge on any atom is 0.392 e. The molecule has 19 heavy (non-hydrogen) atoms. The van der Waals surface area contributed by atoms with Crippen LogP contribution in [0.25, 0.3) is 0 Å². The smallest absolute Gasteiger partial charge is 0.392 e. The molecule has 0 aromatic carbocycles. The van der Waals surface area contributed by atoms with Gasteiger partial charge in [0, 0.05) is 5.92 Å². The zero-order valence-corrected chi connectivity index (χ0v) is 10.3. The normalized spacial score (nSPS) is 24.4. The van der Waals surface area contributed by atoms with Crippen LogP contribution in [0.15, 0.2) is 4.42 Å². The van der Waals surface area contributed by atoms with Gasteiger partial charge in [0.15, 0.2) is 11.6 Å². The van der Waals surface area contributed by atoms with E-state index in [1.54, 1.807) is 0 Å². The third kappa shape index (κ3) is 2.74. The number of aromatic nitrogens is 1. The van der Waals surface area contributed by atoms with Crippen molar-refractivity contribution in [2.75, 3.05) is 0 Å². The zero-order chi connectivity index (χ0) is 14.2. The highest BCUT2D eigenvalue weighted by atomic mass is 19.4. The van der Waals surface area contributed by atoms with E-state index in [1.165, 1.54) is 6.92 Å². The van der Waals surface area contributed by atoms with Gasteiger partial charge in [-0.15, -0.1) is 0 Å². The molecule has 1 aliphatic rings. The van der Waals surface area contributed by atoms with Crippen LogP contribution in [0.5, 0.6) is 0 Å². The van der Waals surface area contributed by atoms with Gasteiger partial charge in [0.05, 0.1) is 5.92 Å². The minimum absolute atomic E-state index is 0.0397. The predicted octanol–water partition coefficient (Wildman–Crippen LogP) is 3.52. The summed E-state index contributed by atoms with van der Waals surface area (Å²) in [7, 11) is 0. The molecule has 2 unspecified atom stereocenters. The number of aryl methyl sites for hydroxylation is 1. The molecule has 1 heterocycles. The third-order valence-corrected chi connectivity index (χ3v) is 3.52. The standard InChI is InChI=1S/C12H14F3NO3/c1-6-9(11(17)18)16-10(19-6)7-4-2-3-5-8(7)12(13,14)15/h7-8H,2-5H2,1H3,(H,17,18). The Bertz CT molecular complexity index is 481. The van der Waals surface area contributed by atoms with Crippen LogP contribution in [0.1, 0.15) is 53.7 Å². The number of rotatable bonds is 2. The van der Waals surface area contributed by atoms with Gasteiger partial charge >= 0.3 is 12.1 Å². The third-order valence-electron chi connectivity index (χ3n) is 3.52. The van der Waals surface area contributed by atoms with Crippen molar-refractivity contribution >= 4 is 5.97 Å². The van der Waals surface area contributed by atoms with Gasteiger partial charge in [-0.25, -0.2) is 9.78 Å². The molecule has 1 N–H and O–H groups in total. The van der Waals surface area contributed by atoms with Crippen molar-refractivity contribution in [1.82, 2.24) is 4.98 Å². The molecule has 0 spiro atoms. The van der Waals surface area contributed by atoms with Crippen LogP contribution in [0, 0.1) is 12.8 Å². The molecule has 4 nitrogen and oxygen atoms in total. The molecule has 1 aliphatic carbocycles. The summed E-state index contributed by atoms with van der Waals surface area (Å²) < 4.78 is 44.0. The summed E-state index contributed by atoms with van der Waals surface area (Å²) in [5.74, 6) is -3.71. The minimum atomic E-state index is -4.31. The fourth-order valence-corrected chi connectivity index (χ4v) is 2.59. The van der Waals surface area contributed by atoms with E-state index in [-0.39, 0.29) is 23.8 Å². The SMILES string of the molecule is Cc1oc(C2CCCCC2C(F)(F)F)nc1C(=O)O. The van der Waals surface area contributed by atoms with Gasteiger partial charge in [-0.1, -0.05) is 12.8 Å². The monoisotopic (exact) mass is 277 g/mol. The molecule has 1 aromatic heterocycles. The number of oxazole rings is 1. The summed E-state index contributed by atoms with van der Waals surface area (Å²) in [6, 6.07) is 0. The molecule has 0 aliphatic heterocycles. The second-order valence-corrected chi connectivity index (χ2v) is 4.80. The lowest BCUT2D eigenvalue weighted by Gasteiger charge is -2.30. The first-order valence-corrected chi connectivity index (χ1v) is 6.08. The maximum atomic E-state index is 13.0. The van der Waals surface area contributed by atoms with Crippen LogP contribution in [0.2, 0.25) is 0 Å². The number of halogens is 3. The Morgan fingerprint density at radius 3 is 2.53 bits per heavy atom. The highest BCUT2D eigenvalue weighted by molar-refractivity contribution is 5.86. The molecule has 106 valence electrons. The number of nitrogens with zero attached hydrogens (tertiary/aromatic N) is 1. The summed E-state index contributed by atoms with van der Waals surface area (Å²) in [6.07, 6.45) is -2.76. The summed E-state index contributed by atoms with van der Waals surface area (Å²) in [4.78, 5) is 14.6. The number of carbonyl (C=O) groups is 1. The van der Waals surface area contributed by atoms with Gasteiger partial charge < -0.3 is 9.52 Å².